The minimum atomic E-state index is -3.95. The Morgan fingerprint density at radius 2 is 1.73 bits per heavy atom. The number of amides is 1. The fraction of sp³-hybridized carbons (Fsp3) is 0.0800. The van der Waals surface area contributed by atoms with Gasteiger partial charge in [0.25, 0.3) is 5.91 Å². The molecule has 8 N–H and O–H groups in total. The van der Waals surface area contributed by atoms with Crippen molar-refractivity contribution in [2.45, 2.75) is 16.9 Å². The van der Waals surface area contributed by atoms with Crippen molar-refractivity contribution in [3.63, 3.8) is 0 Å². The SMILES string of the molecule is N=C(N)c1cccc(C2=CC(CC(=O)O)(C(=O)Nc3ccc(-c4ccccc4S(N)(=O)=O)cc3)ON2)c1. The number of carbonyl (C=O) groups is 2. The van der Waals surface area contributed by atoms with Gasteiger partial charge in [-0.05, 0) is 35.9 Å². The van der Waals surface area contributed by atoms with Crippen LogP contribution in [-0.4, -0.2) is 36.8 Å². The van der Waals surface area contributed by atoms with Gasteiger partial charge in [-0.2, -0.15) is 0 Å². The number of carboxylic acids is 1. The van der Waals surface area contributed by atoms with E-state index in [-0.39, 0.29) is 10.7 Å². The van der Waals surface area contributed by atoms with E-state index >= 15 is 0 Å². The molecule has 190 valence electrons. The topological polar surface area (TPSA) is 198 Å². The lowest BCUT2D eigenvalue weighted by molar-refractivity contribution is -0.152. The van der Waals surface area contributed by atoms with Gasteiger partial charge in [0.15, 0.2) is 0 Å². The van der Waals surface area contributed by atoms with E-state index in [1.165, 1.54) is 12.1 Å². The van der Waals surface area contributed by atoms with Gasteiger partial charge in [-0.15, -0.1) is 0 Å². The van der Waals surface area contributed by atoms with Crippen molar-refractivity contribution in [3.8, 4) is 11.1 Å². The van der Waals surface area contributed by atoms with E-state index in [1.54, 1.807) is 66.7 Å². The first-order valence-electron chi connectivity index (χ1n) is 10.9. The number of benzene rings is 3. The van der Waals surface area contributed by atoms with Crippen LogP contribution in [0.2, 0.25) is 0 Å². The molecule has 4 rings (SSSR count). The minimum Gasteiger partial charge on any atom is -0.481 e. The predicted molar refractivity (Wildman–Crippen MR) is 137 cm³/mol. The predicted octanol–water partition coefficient (Wildman–Crippen LogP) is 2.01. The normalized spacial score (nSPS) is 16.9. The van der Waals surface area contributed by atoms with E-state index in [9.17, 15) is 23.1 Å². The quantitative estimate of drug-likeness (QED) is 0.191. The third kappa shape index (κ3) is 5.51. The summed E-state index contributed by atoms with van der Waals surface area (Å²) in [6.07, 6.45) is 0.702. The Bertz CT molecular complexity index is 1540. The third-order valence-electron chi connectivity index (χ3n) is 5.65. The molecule has 0 saturated carbocycles. The maximum absolute atomic E-state index is 13.2. The van der Waals surface area contributed by atoms with Gasteiger partial charge in [0.2, 0.25) is 15.6 Å². The maximum Gasteiger partial charge on any atom is 0.307 e. The Labute approximate surface area is 212 Å². The van der Waals surface area contributed by atoms with Gasteiger partial charge in [0.05, 0.1) is 17.0 Å². The molecule has 0 spiro atoms. The number of nitrogens with two attached hydrogens (primary N) is 2. The van der Waals surface area contributed by atoms with Crippen molar-refractivity contribution in [2.24, 2.45) is 10.9 Å². The average Bonchev–Trinajstić information content (AvgIpc) is 3.29. The number of carboxylic acid groups (broad SMARTS) is 1. The number of hydrogen-bond acceptors (Lipinski definition) is 7. The van der Waals surface area contributed by atoms with E-state index in [0.717, 1.165) is 0 Å². The first-order chi connectivity index (χ1) is 17.5. The summed E-state index contributed by atoms with van der Waals surface area (Å²) in [5.74, 6) is -2.15. The highest BCUT2D eigenvalue weighted by atomic mass is 32.2. The Morgan fingerprint density at radius 3 is 2.38 bits per heavy atom. The standard InChI is InChI=1S/C25H23N5O6S/c26-23(27)17-5-3-4-16(12-17)20-13-25(36-30-20,14-22(31)32)24(33)29-18-10-8-15(9-11-18)19-6-1-2-7-21(19)37(28,34)35/h1-13,30H,14H2,(H3,26,27)(H,29,33)(H,31,32)(H2,28,34,35). The summed E-state index contributed by atoms with van der Waals surface area (Å²) in [5.41, 5.74) is 8.90. The number of anilines is 1. The number of sulfonamides is 1. The second-order valence-electron chi connectivity index (χ2n) is 8.29. The lowest BCUT2D eigenvalue weighted by Crippen LogP contribution is -2.45. The number of hydroxylamine groups is 1. The van der Waals surface area contributed by atoms with E-state index in [4.69, 9.17) is 21.1 Å². The van der Waals surface area contributed by atoms with Crippen molar-refractivity contribution >= 4 is 39.1 Å². The highest BCUT2D eigenvalue weighted by Crippen LogP contribution is 2.32. The van der Waals surface area contributed by atoms with Gasteiger partial charge in [0, 0.05) is 22.4 Å². The van der Waals surface area contributed by atoms with Crippen LogP contribution in [0.25, 0.3) is 16.8 Å². The van der Waals surface area contributed by atoms with E-state index < -0.39 is 33.9 Å². The van der Waals surface area contributed by atoms with Crippen molar-refractivity contribution in [1.82, 2.24) is 5.48 Å². The van der Waals surface area contributed by atoms with Crippen molar-refractivity contribution < 1.29 is 28.0 Å². The van der Waals surface area contributed by atoms with Crippen molar-refractivity contribution in [3.05, 3.63) is 90.0 Å². The molecule has 1 aliphatic heterocycles. The number of amidine groups is 1. The second-order valence-corrected chi connectivity index (χ2v) is 9.82. The second kappa shape index (κ2) is 9.85. The highest BCUT2D eigenvalue weighted by Gasteiger charge is 2.45. The largest absolute Gasteiger partial charge is 0.481 e. The van der Waals surface area contributed by atoms with Crippen LogP contribution in [0.15, 0.2) is 83.8 Å². The Balaban J connectivity index is 1.61. The molecule has 1 aliphatic rings. The third-order valence-corrected chi connectivity index (χ3v) is 6.62. The van der Waals surface area contributed by atoms with Gasteiger partial charge in [-0.3, -0.25) is 25.3 Å². The van der Waals surface area contributed by atoms with Crippen LogP contribution < -0.4 is 21.7 Å². The molecule has 0 bridgehead atoms. The average molecular weight is 522 g/mol. The van der Waals surface area contributed by atoms with Crippen LogP contribution in [0.4, 0.5) is 5.69 Å². The summed E-state index contributed by atoms with van der Waals surface area (Å²) in [6, 6.07) is 19.2. The number of nitrogens with one attached hydrogen (secondary N) is 3. The van der Waals surface area contributed by atoms with E-state index in [1.807, 2.05) is 0 Å². The van der Waals surface area contributed by atoms with Gasteiger partial charge in [0.1, 0.15) is 5.84 Å². The fourth-order valence-electron chi connectivity index (χ4n) is 3.86. The molecule has 1 unspecified atom stereocenters. The molecule has 1 atom stereocenters. The Hall–Kier alpha value is -4.52. The number of hydrogen-bond donors (Lipinski definition) is 6. The van der Waals surface area contributed by atoms with Crippen LogP contribution >= 0.6 is 0 Å². The van der Waals surface area contributed by atoms with Crippen LogP contribution in [-0.2, 0) is 24.4 Å². The zero-order valence-corrected chi connectivity index (χ0v) is 20.1. The zero-order valence-electron chi connectivity index (χ0n) is 19.3. The minimum absolute atomic E-state index is 0.0378. The smallest absolute Gasteiger partial charge is 0.307 e. The monoisotopic (exact) mass is 521 g/mol. The van der Waals surface area contributed by atoms with Crippen molar-refractivity contribution in [2.75, 3.05) is 5.32 Å². The number of carbonyl (C=O) groups excluding carboxylic acids is 1. The van der Waals surface area contributed by atoms with Gasteiger partial charge in [-0.1, -0.05) is 48.5 Å². The molecule has 3 aromatic carbocycles. The first-order valence-corrected chi connectivity index (χ1v) is 12.4. The Morgan fingerprint density at radius 1 is 1.03 bits per heavy atom. The maximum atomic E-state index is 13.2. The van der Waals surface area contributed by atoms with Crippen molar-refractivity contribution in [1.29, 1.82) is 5.41 Å². The summed E-state index contributed by atoms with van der Waals surface area (Å²) in [5, 5.41) is 25.0. The molecule has 0 saturated heterocycles. The van der Waals surface area contributed by atoms with Crippen LogP contribution in [0.5, 0.6) is 0 Å². The molecule has 1 heterocycles. The summed E-state index contributed by atoms with van der Waals surface area (Å²) in [7, 11) is -3.95. The summed E-state index contributed by atoms with van der Waals surface area (Å²) in [6.45, 7) is 0. The fourth-order valence-corrected chi connectivity index (χ4v) is 4.62. The van der Waals surface area contributed by atoms with Gasteiger partial charge < -0.3 is 16.2 Å². The first kappa shape index (κ1) is 25.6. The number of aliphatic carboxylic acids is 1. The molecule has 11 nitrogen and oxygen atoms in total. The molecule has 1 amide bonds. The molecule has 37 heavy (non-hydrogen) atoms. The molecule has 12 heteroatoms. The molecule has 0 fully saturated rings. The highest BCUT2D eigenvalue weighted by molar-refractivity contribution is 7.89. The number of nitrogen functional groups attached to an aromatic ring is 1. The molecule has 0 aromatic heterocycles. The lowest BCUT2D eigenvalue weighted by atomic mass is 9.95. The Kier molecular flexibility index (Phi) is 6.81. The molecule has 0 aliphatic carbocycles. The summed E-state index contributed by atoms with van der Waals surface area (Å²) >= 11 is 0. The van der Waals surface area contributed by atoms with E-state index in [0.29, 0.717) is 33.6 Å². The number of rotatable bonds is 8. The summed E-state index contributed by atoms with van der Waals surface area (Å²) in [4.78, 5) is 30.3. The van der Waals surface area contributed by atoms with E-state index in [2.05, 4.69) is 10.8 Å². The van der Waals surface area contributed by atoms with Crippen LogP contribution in [0.3, 0.4) is 0 Å². The van der Waals surface area contributed by atoms with Crippen LogP contribution in [0, 0.1) is 5.41 Å². The molecule has 0 radical (unpaired) electrons. The zero-order chi connectivity index (χ0) is 26.8. The molecular weight excluding hydrogens is 498 g/mol. The molecule has 3 aromatic rings. The summed E-state index contributed by atoms with van der Waals surface area (Å²) < 4.78 is 23.8. The van der Waals surface area contributed by atoms with Crippen LogP contribution in [0.1, 0.15) is 17.5 Å². The van der Waals surface area contributed by atoms with Gasteiger partial charge >= 0.3 is 5.97 Å². The lowest BCUT2D eigenvalue weighted by Gasteiger charge is -2.22. The number of primary sulfonamides is 1. The van der Waals surface area contributed by atoms with Gasteiger partial charge in [-0.25, -0.2) is 13.6 Å². The molecular formula is C25H23N5O6S.